The summed E-state index contributed by atoms with van der Waals surface area (Å²) in [6.45, 7) is 0.863. The van der Waals surface area contributed by atoms with Crippen molar-refractivity contribution in [1.29, 1.82) is 0 Å². The smallest absolute Gasteiger partial charge is 0.306 e. The number of benzene rings is 1. The summed E-state index contributed by atoms with van der Waals surface area (Å²) in [7, 11) is 0. The number of nitrogens with one attached hydrogen (secondary N) is 1. The molecule has 5 nitrogen and oxygen atoms in total. The van der Waals surface area contributed by atoms with Crippen LogP contribution < -0.4 is 5.32 Å². The highest BCUT2D eigenvalue weighted by molar-refractivity contribution is 5.90. The topological polar surface area (TPSA) is 75.1 Å². The monoisotopic (exact) mass is 285 g/mol. The molecule has 0 atom stereocenters. The highest BCUT2D eigenvalue weighted by Gasteiger charge is 2.25. The van der Waals surface area contributed by atoms with Crippen LogP contribution in [0.3, 0.4) is 0 Å². The van der Waals surface area contributed by atoms with E-state index < -0.39 is 5.97 Å². The zero-order valence-corrected chi connectivity index (χ0v) is 11.8. The molecule has 0 spiro atoms. The van der Waals surface area contributed by atoms with Crippen LogP contribution in [0, 0.1) is 11.8 Å². The van der Waals surface area contributed by atoms with Crippen LogP contribution in [0.5, 0.6) is 0 Å². The molecule has 0 amide bonds. The van der Waals surface area contributed by atoms with Gasteiger partial charge in [-0.2, -0.15) is 10.2 Å². The highest BCUT2D eigenvalue weighted by Crippen LogP contribution is 2.29. The molecule has 2 N–H and O–H groups in total. The molecule has 1 aliphatic carbocycles. The number of rotatable bonds is 4. The maximum Gasteiger partial charge on any atom is 0.306 e. The van der Waals surface area contributed by atoms with E-state index in [1.54, 1.807) is 6.20 Å². The van der Waals surface area contributed by atoms with Gasteiger partial charge in [0.05, 0.1) is 23.3 Å². The number of anilines is 1. The van der Waals surface area contributed by atoms with Gasteiger partial charge in [0.25, 0.3) is 0 Å². The van der Waals surface area contributed by atoms with Crippen LogP contribution in [-0.2, 0) is 4.79 Å². The number of aromatic nitrogens is 2. The summed E-state index contributed by atoms with van der Waals surface area (Å²) in [5.74, 6) is -0.261. The SMILES string of the molecule is O=C(O)C1CCC(CNc2cnnc3ccccc23)CC1. The van der Waals surface area contributed by atoms with E-state index in [0.717, 1.165) is 48.8 Å². The first-order chi connectivity index (χ1) is 10.2. The van der Waals surface area contributed by atoms with Crippen molar-refractivity contribution in [2.45, 2.75) is 25.7 Å². The lowest BCUT2D eigenvalue weighted by atomic mass is 9.82. The normalized spacial score (nSPS) is 22.1. The number of aliphatic carboxylic acids is 1. The van der Waals surface area contributed by atoms with Crippen LogP contribution in [0.25, 0.3) is 10.9 Å². The maximum atomic E-state index is 11.0. The third-order valence-electron chi connectivity index (χ3n) is 4.32. The van der Waals surface area contributed by atoms with E-state index in [1.165, 1.54) is 0 Å². The second-order valence-electron chi connectivity index (χ2n) is 5.71. The van der Waals surface area contributed by atoms with Gasteiger partial charge < -0.3 is 10.4 Å². The zero-order chi connectivity index (χ0) is 14.7. The van der Waals surface area contributed by atoms with Crippen molar-refractivity contribution in [1.82, 2.24) is 10.2 Å². The first-order valence-electron chi connectivity index (χ1n) is 7.41. The van der Waals surface area contributed by atoms with Gasteiger partial charge in [-0.25, -0.2) is 0 Å². The lowest BCUT2D eigenvalue weighted by Crippen LogP contribution is -2.25. The molecule has 1 aromatic carbocycles. The van der Waals surface area contributed by atoms with Gasteiger partial charge in [-0.15, -0.1) is 0 Å². The van der Waals surface area contributed by atoms with Gasteiger partial charge in [0.15, 0.2) is 0 Å². The van der Waals surface area contributed by atoms with Gasteiger partial charge in [0.2, 0.25) is 0 Å². The predicted octanol–water partition coefficient (Wildman–Crippen LogP) is 2.93. The molecule has 1 heterocycles. The number of fused-ring (bicyclic) bond motifs is 1. The van der Waals surface area contributed by atoms with E-state index in [2.05, 4.69) is 15.5 Å². The second-order valence-corrected chi connectivity index (χ2v) is 5.71. The molecule has 110 valence electrons. The van der Waals surface area contributed by atoms with Gasteiger partial charge in [0, 0.05) is 11.9 Å². The van der Waals surface area contributed by atoms with E-state index in [1.807, 2.05) is 24.3 Å². The van der Waals surface area contributed by atoms with E-state index >= 15 is 0 Å². The minimum Gasteiger partial charge on any atom is -0.481 e. The number of hydrogen-bond acceptors (Lipinski definition) is 4. The van der Waals surface area contributed by atoms with Crippen molar-refractivity contribution in [2.75, 3.05) is 11.9 Å². The fourth-order valence-corrected chi connectivity index (χ4v) is 3.02. The summed E-state index contributed by atoms with van der Waals surface area (Å²) in [6.07, 6.45) is 5.28. The standard InChI is InChI=1S/C16H19N3O2/c20-16(21)12-7-5-11(6-8-12)9-17-15-10-18-19-14-4-2-1-3-13(14)15/h1-4,10-12H,5-9H2,(H,17,19)(H,20,21). The van der Waals surface area contributed by atoms with Crippen LogP contribution in [0.4, 0.5) is 5.69 Å². The minimum absolute atomic E-state index is 0.148. The largest absolute Gasteiger partial charge is 0.481 e. The van der Waals surface area contributed by atoms with E-state index in [9.17, 15) is 4.79 Å². The lowest BCUT2D eigenvalue weighted by molar-refractivity contribution is -0.143. The fraction of sp³-hybridized carbons (Fsp3) is 0.438. The molecule has 1 saturated carbocycles. The first kappa shape index (κ1) is 13.8. The Balaban J connectivity index is 1.61. The second kappa shape index (κ2) is 6.08. The molecule has 1 aliphatic rings. The van der Waals surface area contributed by atoms with E-state index in [0.29, 0.717) is 5.92 Å². The lowest BCUT2D eigenvalue weighted by Gasteiger charge is -2.26. The average molecular weight is 285 g/mol. The van der Waals surface area contributed by atoms with Gasteiger partial charge in [-0.05, 0) is 37.7 Å². The summed E-state index contributed by atoms with van der Waals surface area (Å²) < 4.78 is 0. The Bertz CT molecular complexity index is 631. The molecule has 0 aliphatic heterocycles. The molecule has 3 rings (SSSR count). The van der Waals surface area contributed by atoms with Gasteiger partial charge in [0.1, 0.15) is 0 Å². The third kappa shape index (κ3) is 3.12. The quantitative estimate of drug-likeness (QED) is 0.903. The third-order valence-corrected chi connectivity index (χ3v) is 4.32. The van der Waals surface area contributed by atoms with Gasteiger partial charge in [-0.3, -0.25) is 4.79 Å². The fourth-order valence-electron chi connectivity index (χ4n) is 3.02. The van der Waals surface area contributed by atoms with Crippen molar-refractivity contribution in [2.24, 2.45) is 11.8 Å². The molecule has 0 saturated heterocycles. The minimum atomic E-state index is -0.647. The molecular weight excluding hydrogens is 266 g/mol. The molecule has 2 aromatic rings. The molecule has 1 aromatic heterocycles. The van der Waals surface area contributed by atoms with Crippen LogP contribution in [0.2, 0.25) is 0 Å². The number of carboxylic acids is 1. The summed E-state index contributed by atoms with van der Waals surface area (Å²) in [5, 5.41) is 21.7. The van der Waals surface area contributed by atoms with Gasteiger partial charge in [-0.1, -0.05) is 18.2 Å². The Kier molecular flexibility index (Phi) is 3.99. The molecule has 0 bridgehead atoms. The van der Waals surface area contributed by atoms with Crippen LogP contribution >= 0.6 is 0 Å². The van der Waals surface area contributed by atoms with Crippen molar-refractivity contribution < 1.29 is 9.90 Å². The number of nitrogens with zero attached hydrogens (tertiary/aromatic N) is 2. The van der Waals surface area contributed by atoms with Crippen LogP contribution in [0.1, 0.15) is 25.7 Å². The summed E-state index contributed by atoms with van der Waals surface area (Å²) in [4.78, 5) is 11.0. The Morgan fingerprint density at radius 3 is 2.76 bits per heavy atom. The molecule has 21 heavy (non-hydrogen) atoms. The van der Waals surface area contributed by atoms with E-state index in [-0.39, 0.29) is 5.92 Å². The van der Waals surface area contributed by atoms with Crippen molar-refractivity contribution >= 4 is 22.6 Å². The molecule has 0 unspecified atom stereocenters. The van der Waals surface area contributed by atoms with Crippen LogP contribution in [0.15, 0.2) is 30.5 Å². The Morgan fingerprint density at radius 1 is 1.24 bits per heavy atom. The van der Waals surface area contributed by atoms with Crippen molar-refractivity contribution in [3.8, 4) is 0 Å². The van der Waals surface area contributed by atoms with Crippen LogP contribution in [-0.4, -0.2) is 27.8 Å². The first-order valence-corrected chi connectivity index (χ1v) is 7.41. The van der Waals surface area contributed by atoms with Gasteiger partial charge >= 0.3 is 5.97 Å². The van der Waals surface area contributed by atoms with Crippen molar-refractivity contribution in [3.05, 3.63) is 30.5 Å². The summed E-state index contributed by atoms with van der Waals surface area (Å²) in [5.41, 5.74) is 1.89. The molecule has 0 radical (unpaired) electrons. The molecule has 1 fully saturated rings. The van der Waals surface area contributed by atoms with Crippen molar-refractivity contribution in [3.63, 3.8) is 0 Å². The number of hydrogen-bond donors (Lipinski definition) is 2. The number of carboxylic acid groups (broad SMARTS) is 1. The Labute approximate surface area is 123 Å². The molecular formula is C16H19N3O2. The summed E-state index contributed by atoms with van der Waals surface area (Å²) in [6, 6.07) is 7.93. The maximum absolute atomic E-state index is 11.0. The van der Waals surface area contributed by atoms with E-state index in [4.69, 9.17) is 5.11 Å². The Morgan fingerprint density at radius 2 is 2.00 bits per heavy atom. The average Bonchev–Trinajstić information content (AvgIpc) is 2.53. The Hall–Kier alpha value is -2.17. The number of carbonyl (C=O) groups is 1. The summed E-state index contributed by atoms with van der Waals surface area (Å²) >= 11 is 0. The highest BCUT2D eigenvalue weighted by atomic mass is 16.4. The predicted molar refractivity (Wildman–Crippen MR) is 81.1 cm³/mol. The molecule has 5 heteroatoms. The zero-order valence-electron chi connectivity index (χ0n) is 11.8.